The third kappa shape index (κ3) is 5.33. The third-order valence-electron chi connectivity index (χ3n) is 8.02. The van der Waals surface area contributed by atoms with Gasteiger partial charge in [0, 0.05) is 18.6 Å². The molecule has 19 nitrogen and oxygen atoms in total. The van der Waals surface area contributed by atoms with E-state index in [2.05, 4.69) is 24.9 Å². The molecule has 2 bridgehead atoms. The number of H-pyrrole nitrogens is 1. The summed E-state index contributed by atoms with van der Waals surface area (Å²) in [5, 5.41) is 11.3. The number of hydrogen-bond donors (Lipinski definition) is 5. The Kier molecular flexibility index (Phi) is 7.61. The topological polar surface area (TPSA) is 241 Å². The first-order chi connectivity index (χ1) is 22.4. The van der Waals surface area contributed by atoms with Gasteiger partial charge in [0.05, 0.1) is 31.6 Å². The normalized spacial score (nSPS) is 36.8. The maximum atomic E-state index is 16.1. The number of nitrogen functional groups attached to an aromatic ring is 1. The molecule has 24 heteroatoms. The monoisotopic (exact) mass is 731 g/mol. The second-order valence-electron chi connectivity index (χ2n) is 10.9. The largest absolute Gasteiger partial charge is 0.397 e. The fourth-order valence-electron chi connectivity index (χ4n) is 5.83. The molecular formula is C23H24FN9O10P2S2. The van der Waals surface area contributed by atoms with E-state index >= 15 is 4.39 Å². The molecule has 0 amide bonds. The van der Waals surface area contributed by atoms with Gasteiger partial charge >= 0.3 is 13.4 Å². The highest BCUT2D eigenvalue weighted by molar-refractivity contribution is 8.07. The number of nitrogens with two attached hydrogens (primary N) is 1. The average Bonchev–Trinajstić information content (AvgIpc) is 3.85. The van der Waals surface area contributed by atoms with Crippen LogP contribution in [-0.2, 0) is 51.2 Å². The standard InChI is InChI=1S/C23H24FN9O10P2S2/c24-12-16-11(41-21(12)32-7-28-13-9(25)1-2-26-18(13)32)6-39-45(37,47)43-17-15(34)10(5-38-44(36,46)42-16)40-22(17)33-8-29-14-19(33)30-23-27-3-4-31(23)20(14)35/h1-4,7-8,10-12,15-17,21-22,34H,5-6H2,(H2,25,26)(H,27,30)(H,36,46)(H,37,47)/t10-,11-,12+,15-,16-,17-,21-,22-,44?,45?/m1/s1. The Balaban J connectivity index is 1.12. The summed E-state index contributed by atoms with van der Waals surface area (Å²) in [6, 6.07) is 1.53. The lowest BCUT2D eigenvalue weighted by molar-refractivity contribution is -0.0602. The van der Waals surface area contributed by atoms with Crippen molar-refractivity contribution in [2.45, 2.75) is 49.1 Å². The summed E-state index contributed by atoms with van der Waals surface area (Å²) in [6.07, 6.45) is -4.88. The first-order valence-electron chi connectivity index (χ1n) is 13.8. The highest BCUT2D eigenvalue weighted by Gasteiger charge is 2.53. The van der Waals surface area contributed by atoms with Crippen LogP contribution in [0.2, 0.25) is 0 Å². The molecule has 0 aliphatic carbocycles. The van der Waals surface area contributed by atoms with Gasteiger partial charge in [-0.2, -0.15) is 0 Å². The second kappa shape index (κ2) is 11.4. The number of nitrogens with zero attached hydrogens (tertiary/aromatic N) is 7. The van der Waals surface area contributed by atoms with Crippen LogP contribution in [0.1, 0.15) is 12.5 Å². The van der Waals surface area contributed by atoms with Crippen LogP contribution in [0.3, 0.4) is 0 Å². The van der Waals surface area contributed by atoms with E-state index in [4.69, 9.17) is 56.9 Å². The summed E-state index contributed by atoms with van der Waals surface area (Å²) >= 11 is 10.5. The molecule has 5 aromatic rings. The Hall–Kier alpha value is -2.82. The van der Waals surface area contributed by atoms with Crippen molar-refractivity contribution >= 4 is 70.8 Å². The van der Waals surface area contributed by atoms with Gasteiger partial charge in [-0.15, -0.1) is 0 Å². The van der Waals surface area contributed by atoms with Crippen molar-refractivity contribution in [1.82, 2.24) is 38.5 Å². The third-order valence-corrected chi connectivity index (χ3v) is 11.1. The van der Waals surface area contributed by atoms with Crippen LogP contribution in [0.5, 0.6) is 0 Å². The summed E-state index contributed by atoms with van der Waals surface area (Å²) in [6.45, 7) is -9.65. The number of rotatable bonds is 2. The Morgan fingerprint density at radius 2 is 1.62 bits per heavy atom. The SMILES string of the molecule is Nc1ccnc2c1ncn2[C@@H]1O[C@@H]2COP(O)(=S)O[C@@H]3[C@H](O)[C@@H](COP(O)(=S)O[C@H]2[C@@H]1F)O[C@H]3n1cnc2c(=O)n3ccnc3[nH]c21. The van der Waals surface area contributed by atoms with Gasteiger partial charge in [-0.25, -0.2) is 28.7 Å². The minimum Gasteiger partial charge on any atom is -0.397 e. The van der Waals surface area contributed by atoms with Crippen molar-refractivity contribution in [3.63, 3.8) is 0 Å². The van der Waals surface area contributed by atoms with Crippen LogP contribution in [0, 0.1) is 0 Å². The van der Waals surface area contributed by atoms with E-state index < -0.39 is 81.4 Å². The predicted molar refractivity (Wildman–Crippen MR) is 164 cm³/mol. The Bertz CT molecular complexity index is 2180. The number of halogens is 1. The maximum absolute atomic E-state index is 16.1. The highest BCUT2D eigenvalue weighted by Crippen LogP contribution is 2.54. The number of imidazole rings is 3. The van der Waals surface area contributed by atoms with Crippen LogP contribution in [-0.4, -0.2) is 103 Å². The van der Waals surface area contributed by atoms with Crippen molar-refractivity contribution in [2.24, 2.45) is 0 Å². The number of nitrogens with one attached hydrogen (secondary N) is 1. The van der Waals surface area contributed by atoms with Crippen molar-refractivity contribution in [1.29, 1.82) is 0 Å². The molecule has 3 aliphatic rings. The molecule has 3 fully saturated rings. The molecule has 8 rings (SSSR count). The van der Waals surface area contributed by atoms with Gasteiger partial charge in [-0.1, -0.05) is 0 Å². The van der Waals surface area contributed by atoms with E-state index in [1.807, 2.05) is 0 Å². The number of aromatic amines is 1. The molecule has 0 spiro atoms. The van der Waals surface area contributed by atoms with E-state index in [0.29, 0.717) is 11.2 Å². The van der Waals surface area contributed by atoms with Crippen LogP contribution in [0.15, 0.2) is 42.1 Å². The summed E-state index contributed by atoms with van der Waals surface area (Å²) in [5.41, 5.74) is 6.52. The number of fused-ring (bicyclic) bond motifs is 6. The number of ether oxygens (including phenoxy) is 2. The van der Waals surface area contributed by atoms with E-state index in [-0.39, 0.29) is 22.6 Å². The molecule has 0 saturated carbocycles. The van der Waals surface area contributed by atoms with Gasteiger partial charge in [0.2, 0.25) is 5.78 Å². The first kappa shape index (κ1) is 31.4. The number of alkyl halides is 1. The van der Waals surface area contributed by atoms with Gasteiger partial charge in [0.1, 0.15) is 41.7 Å². The van der Waals surface area contributed by atoms with Gasteiger partial charge in [-0.3, -0.25) is 23.0 Å². The van der Waals surface area contributed by atoms with Crippen molar-refractivity contribution < 1.29 is 46.9 Å². The van der Waals surface area contributed by atoms with Crippen molar-refractivity contribution in [2.75, 3.05) is 18.9 Å². The zero-order valence-corrected chi connectivity index (χ0v) is 26.9. The molecule has 2 unspecified atom stereocenters. The van der Waals surface area contributed by atoms with Crippen LogP contribution in [0.25, 0.3) is 28.1 Å². The Labute approximate surface area is 271 Å². The molecule has 5 aromatic heterocycles. The van der Waals surface area contributed by atoms with Crippen LogP contribution >= 0.6 is 13.4 Å². The fourth-order valence-corrected chi connectivity index (χ4v) is 8.68. The van der Waals surface area contributed by atoms with Crippen molar-refractivity contribution in [3.05, 3.63) is 47.7 Å². The quantitative estimate of drug-likeness (QED) is 0.152. The second-order valence-corrected chi connectivity index (χ2v) is 16.4. The molecule has 6 N–H and O–H groups in total. The molecule has 0 radical (unpaired) electrons. The molecular weight excluding hydrogens is 707 g/mol. The lowest BCUT2D eigenvalue weighted by Crippen LogP contribution is -2.35. The molecule has 10 atom stereocenters. The number of aromatic nitrogens is 8. The Morgan fingerprint density at radius 1 is 0.936 bits per heavy atom. The molecule has 250 valence electrons. The lowest BCUT2D eigenvalue weighted by atomic mass is 10.1. The highest BCUT2D eigenvalue weighted by atomic mass is 32.5. The van der Waals surface area contributed by atoms with Crippen molar-refractivity contribution in [3.8, 4) is 0 Å². The predicted octanol–water partition coefficient (Wildman–Crippen LogP) is 0.144. The Morgan fingerprint density at radius 3 is 2.40 bits per heavy atom. The van der Waals surface area contributed by atoms with Gasteiger partial charge in [-0.05, 0) is 29.7 Å². The average molecular weight is 732 g/mol. The number of anilines is 1. The molecule has 3 saturated heterocycles. The summed E-state index contributed by atoms with van der Waals surface area (Å²) < 4.78 is 54.5. The zero-order valence-electron chi connectivity index (χ0n) is 23.5. The minimum atomic E-state index is -4.26. The van der Waals surface area contributed by atoms with E-state index in [1.165, 1.54) is 50.8 Å². The van der Waals surface area contributed by atoms with Crippen LogP contribution < -0.4 is 11.3 Å². The van der Waals surface area contributed by atoms with E-state index in [9.17, 15) is 19.7 Å². The lowest BCUT2D eigenvalue weighted by Gasteiger charge is -2.28. The molecule has 8 heterocycles. The fraction of sp³-hybridized carbons (Fsp3) is 0.435. The summed E-state index contributed by atoms with van der Waals surface area (Å²) in [4.78, 5) is 54.8. The molecule has 0 aromatic carbocycles. The zero-order chi connectivity index (χ0) is 32.8. The van der Waals surface area contributed by atoms with Crippen LogP contribution in [0.4, 0.5) is 10.1 Å². The number of aliphatic hydroxyl groups excluding tert-OH is 1. The number of hydrogen-bond acceptors (Lipinski definition) is 15. The molecule has 3 aliphatic heterocycles. The smallest absolute Gasteiger partial charge is 0.325 e. The number of pyridine rings is 1. The van der Waals surface area contributed by atoms with E-state index in [1.54, 1.807) is 0 Å². The van der Waals surface area contributed by atoms with Gasteiger partial charge in [0.15, 0.2) is 29.8 Å². The molecule has 47 heavy (non-hydrogen) atoms. The van der Waals surface area contributed by atoms with Gasteiger partial charge < -0.3 is 44.1 Å². The maximum Gasteiger partial charge on any atom is 0.325 e. The van der Waals surface area contributed by atoms with E-state index in [0.717, 1.165) is 0 Å². The minimum absolute atomic E-state index is 0.0173. The van der Waals surface area contributed by atoms with Gasteiger partial charge in [0.25, 0.3) is 5.56 Å². The summed E-state index contributed by atoms with van der Waals surface area (Å²) in [5.74, 6) is 0.203. The number of aliphatic hydroxyl groups is 1. The summed E-state index contributed by atoms with van der Waals surface area (Å²) in [7, 11) is 0. The first-order valence-corrected chi connectivity index (χ1v) is 19.0.